The highest BCUT2D eigenvalue weighted by Crippen LogP contribution is 2.33. The second-order valence-electron chi connectivity index (χ2n) is 5.80. The normalized spacial score (nSPS) is 10.7. The van der Waals surface area contributed by atoms with Gasteiger partial charge in [0.1, 0.15) is 11.6 Å². The van der Waals surface area contributed by atoms with Crippen LogP contribution in [0.2, 0.25) is 0 Å². The maximum atomic E-state index is 14.3. The topological polar surface area (TPSA) is 46.5 Å². The average molecular weight is 316 g/mol. The third-order valence-corrected chi connectivity index (χ3v) is 3.97. The molecule has 23 heavy (non-hydrogen) atoms. The number of benzene rings is 2. The summed E-state index contributed by atoms with van der Waals surface area (Å²) in [4.78, 5) is 10.8. The van der Waals surface area contributed by atoms with E-state index in [0.29, 0.717) is 11.1 Å². The Balaban J connectivity index is 2.54. The highest BCUT2D eigenvalue weighted by Gasteiger charge is 2.14. The van der Waals surface area contributed by atoms with Crippen molar-refractivity contribution in [3.63, 3.8) is 0 Å². The standard InChI is InChI=1S/C19H21FO3/c1-11-8-16(23-4)9-12(2)18(11)15-7-13(3)19(20)14(10-15)5-6-17(21)22/h7-10H,5-6H2,1-4H3,(H,21,22). The largest absolute Gasteiger partial charge is 0.497 e. The number of hydrogen-bond donors (Lipinski definition) is 1. The summed E-state index contributed by atoms with van der Waals surface area (Å²) >= 11 is 0. The SMILES string of the molecule is COc1cc(C)c(-c2cc(C)c(F)c(CCC(=O)O)c2)c(C)c1. The smallest absolute Gasteiger partial charge is 0.303 e. The van der Waals surface area contributed by atoms with E-state index in [2.05, 4.69) is 0 Å². The number of ether oxygens (including phenoxy) is 1. The van der Waals surface area contributed by atoms with Crippen molar-refractivity contribution in [2.24, 2.45) is 0 Å². The first-order valence-electron chi connectivity index (χ1n) is 7.50. The summed E-state index contributed by atoms with van der Waals surface area (Å²) < 4.78 is 19.5. The van der Waals surface area contributed by atoms with E-state index in [0.717, 1.165) is 28.0 Å². The van der Waals surface area contributed by atoms with E-state index < -0.39 is 5.97 Å². The molecule has 2 rings (SSSR count). The van der Waals surface area contributed by atoms with Gasteiger partial charge in [-0.15, -0.1) is 0 Å². The molecule has 0 aliphatic rings. The van der Waals surface area contributed by atoms with Gasteiger partial charge in [0.15, 0.2) is 0 Å². The van der Waals surface area contributed by atoms with Crippen LogP contribution in [-0.4, -0.2) is 18.2 Å². The number of methoxy groups -OCH3 is 1. The molecule has 0 amide bonds. The average Bonchev–Trinajstić information content (AvgIpc) is 2.48. The summed E-state index contributed by atoms with van der Waals surface area (Å²) in [6, 6.07) is 7.45. The summed E-state index contributed by atoms with van der Waals surface area (Å²) in [7, 11) is 1.62. The van der Waals surface area contributed by atoms with Crippen molar-refractivity contribution < 1.29 is 19.0 Å². The van der Waals surface area contributed by atoms with E-state index >= 15 is 0 Å². The van der Waals surface area contributed by atoms with Gasteiger partial charge in [-0.2, -0.15) is 0 Å². The van der Waals surface area contributed by atoms with Gasteiger partial charge in [-0.1, -0.05) is 0 Å². The van der Waals surface area contributed by atoms with Crippen molar-refractivity contribution in [3.05, 3.63) is 52.3 Å². The summed E-state index contributed by atoms with van der Waals surface area (Å²) in [6.07, 6.45) is 0.102. The van der Waals surface area contributed by atoms with Crippen LogP contribution in [0.1, 0.15) is 28.7 Å². The van der Waals surface area contributed by atoms with Crippen LogP contribution in [0.3, 0.4) is 0 Å². The molecule has 0 saturated heterocycles. The van der Waals surface area contributed by atoms with Gasteiger partial charge in [0.2, 0.25) is 0 Å². The first kappa shape index (κ1) is 17.0. The molecule has 1 N–H and O–H groups in total. The number of carboxylic acids is 1. The first-order chi connectivity index (χ1) is 10.8. The molecule has 0 spiro atoms. The molecule has 2 aromatic rings. The Morgan fingerprint density at radius 3 is 2.22 bits per heavy atom. The molecule has 0 aliphatic carbocycles. The van der Waals surface area contributed by atoms with Crippen LogP contribution in [0.4, 0.5) is 4.39 Å². The Labute approximate surface area is 135 Å². The molecule has 0 fully saturated rings. The number of aryl methyl sites for hydroxylation is 4. The Morgan fingerprint density at radius 2 is 1.70 bits per heavy atom. The van der Waals surface area contributed by atoms with Gasteiger partial charge in [0.25, 0.3) is 0 Å². The number of aliphatic carboxylic acids is 1. The molecule has 0 aromatic heterocycles. The van der Waals surface area contributed by atoms with Gasteiger partial charge in [-0.3, -0.25) is 4.79 Å². The maximum Gasteiger partial charge on any atom is 0.303 e. The molecule has 0 unspecified atom stereocenters. The summed E-state index contributed by atoms with van der Waals surface area (Å²) in [5, 5.41) is 8.83. The van der Waals surface area contributed by atoms with Crippen molar-refractivity contribution in [3.8, 4) is 16.9 Å². The molecule has 4 heteroatoms. The van der Waals surface area contributed by atoms with Crippen molar-refractivity contribution >= 4 is 5.97 Å². The number of rotatable bonds is 5. The minimum atomic E-state index is -0.927. The highest BCUT2D eigenvalue weighted by atomic mass is 19.1. The molecule has 0 radical (unpaired) electrons. The second-order valence-corrected chi connectivity index (χ2v) is 5.80. The van der Waals surface area contributed by atoms with Gasteiger partial charge >= 0.3 is 5.97 Å². The van der Waals surface area contributed by atoms with Crippen LogP contribution in [0.5, 0.6) is 5.75 Å². The van der Waals surface area contributed by atoms with Gasteiger partial charge < -0.3 is 9.84 Å². The molecule has 0 saturated carbocycles. The second kappa shape index (κ2) is 6.82. The minimum Gasteiger partial charge on any atom is -0.497 e. The molecule has 3 nitrogen and oxygen atoms in total. The molecule has 0 bridgehead atoms. The third-order valence-electron chi connectivity index (χ3n) is 3.97. The summed E-state index contributed by atoms with van der Waals surface area (Å²) in [6.45, 7) is 5.68. The van der Waals surface area contributed by atoms with E-state index in [1.54, 1.807) is 26.2 Å². The van der Waals surface area contributed by atoms with Crippen LogP contribution in [0.25, 0.3) is 11.1 Å². The lowest BCUT2D eigenvalue weighted by Crippen LogP contribution is -2.02. The Kier molecular flexibility index (Phi) is 5.04. The summed E-state index contributed by atoms with van der Waals surface area (Å²) in [5.41, 5.74) is 4.98. The monoisotopic (exact) mass is 316 g/mol. The lowest BCUT2D eigenvalue weighted by Gasteiger charge is -2.15. The lowest BCUT2D eigenvalue weighted by atomic mass is 9.92. The van der Waals surface area contributed by atoms with Crippen molar-refractivity contribution in [1.29, 1.82) is 0 Å². The van der Waals surface area contributed by atoms with Gasteiger partial charge in [0, 0.05) is 6.42 Å². The van der Waals surface area contributed by atoms with E-state index in [1.807, 2.05) is 26.0 Å². The Morgan fingerprint density at radius 1 is 1.09 bits per heavy atom. The number of hydrogen-bond acceptors (Lipinski definition) is 2. The lowest BCUT2D eigenvalue weighted by molar-refractivity contribution is -0.136. The zero-order valence-corrected chi connectivity index (χ0v) is 13.9. The summed E-state index contributed by atoms with van der Waals surface area (Å²) in [5.74, 6) is -0.461. The zero-order chi connectivity index (χ0) is 17.1. The van der Waals surface area contributed by atoms with Gasteiger partial charge in [-0.25, -0.2) is 4.39 Å². The fourth-order valence-corrected chi connectivity index (χ4v) is 2.91. The molecular formula is C19H21FO3. The van der Waals surface area contributed by atoms with Crippen LogP contribution in [-0.2, 0) is 11.2 Å². The van der Waals surface area contributed by atoms with Crippen LogP contribution in [0.15, 0.2) is 24.3 Å². The highest BCUT2D eigenvalue weighted by molar-refractivity contribution is 5.73. The van der Waals surface area contributed by atoms with E-state index in [9.17, 15) is 9.18 Å². The zero-order valence-electron chi connectivity index (χ0n) is 13.9. The fourth-order valence-electron chi connectivity index (χ4n) is 2.91. The van der Waals surface area contributed by atoms with E-state index in [1.165, 1.54) is 0 Å². The van der Waals surface area contributed by atoms with Crippen LogP contribution < -0.4 is 4.74 Å². The molecule has 0 atom stereocenters. The molecule has 0 heterocycles. The van der Waals surface area contributed by atoms with E-state index in [4.69, 9.17) is 9.84 Å². The van der Waals surface area contributed by atoms with E-state index in [-0.39, 0.29) is 18.7 Å². The predicted octanol–water partition coefficient (Wildman–Crippen LogP) is 4.44. The third kappa shape index (κ3) is 3.70. The number of halogens is 1. The molecule has 2 aromatic carbocycles. The number of carbonyl (C=O) groups is 1. The molecule has 122 valence electrons. The first-order valence-corrected chi connectivity index (χ1v) is 7.50. The van der Waals surface area contributed by atoms with Crippen molar-refractivity contribution in [2.75, 3.05) is 7.11 Å². The van der Waals surface area contributed by atoms with Crippen molar-refractivity contribution in [1.82, 2.24) is 0 Å². The van der Waals surface area contributed by atoms with Crippen LogP contribution in [0, 0.1) is 26.6 Å². The molecular weight excluding hydrogens is 295 g/mol. The fraction of sp³-hybridized carbons (Fsp3) is 0.316. The maximum absolute atomic E-state index is 14.3. The van der Waals surface area contributed by atoms with Crippen molar-refractivity contribution in [2.45, 2.75) is 33.6 Å². The minimum absolute atomic E-state index is 0.0829. The van der Waals surface area contributed by atoms with Crippen LogP contribution >= 0.6 is 0 Å². The quantitative estimate of drug-likeness (QED) is 0.887. The Hall–Kier alpha value is -2.36. The Bertz CT molecular complexity index is 728. The molecule has 0 aliphatic heterocycles. The predicted molar refractivity (Wildman–Crippen MR) is 88.6 cm³/mol. The van der Waals surface area contributed by atoms with Gasteiger partial charge in [0.05, 0.1) is 7.11 Å². The number of carboxylic acid groups (broad SMARTS) is 1. The van der Waals surface area contributed by atoms with Gasteiger partial charge in [-0.05, 0) is 84.8 Å².